The number of thiophene rings is 2. The third kappa shape index (κ3) is 13.4. The highest BCUT2D eigenvalue weighted by Crippen LogP contribution is 2.27. The van der Waals surface area contributed by atoms with Gasteiger partial charge < -0.3 is 30.7 Å². The number of amides is 4. The number of ether oxygens (including phenoxy) is 2. The third-order valence-electron chi connectivity index (χ3n) is 9.76. The molecular weight excluding hydrogens is 999 g/mol. The number of hydrogen-bond donors (Lipinski definition) is 4. The van der Waals surface area contributed by atoms with Crippen molar-refractivity contribution in [1.82, 2.24) is 50.5 Å². The number of rotatable bonds is 17. The lowest BCUT2D eigenvalue weighted by molar-refractivity contribution is -0.275. The third-order valence-corrected chi connectivity index (χ3v) is 12.1. The van der Waals surface area contributed by atoms with Gasteiger partial charge in [0.2, 0.25) is 0 Å². The van der Waals surface area contributed by atoms with Crippen LogP contribution in [0.4, 0.5) is 26.3 Å². The minimum atomic E-state index is -5.08. The van der Waals surface area contributed by atoms with Crippen molar-refractivity contribution in [2.45, 2.75) is 53.0 Å². The molecule has 6 aromatic heterocycles. The number of alkyl halides is 5. The zero-order valence-corrected chi connectivity index (χ0v) is 38.9. The van der Waals surface area contributed by atoms with Gasteiger partial charge >= 0.3 is 13.0 Å². The quantitative estimate of drug-likeness (QED) is 0.0519. The SMILES string of the molecule is CC(=O)c1ccc(CNC(=O)c2cc(C(=O)NCc3ccc(F)c(OC(F)(F)F)c3)nc3ccnn23)s1.CC(=O)c1ccc(CNC(=O)c2cc(C(=O)NCc3cccc(OC(F)F)c3)nc3ccnn23)s1. The predicted molar refractivity (Wildman–Crippen MR) is 245 cm³/mol. The molecule has 372 valence electrons. The van der Waals surface area contributed by atoms with Crippen LogP contribution in [-0.2, 0) is 26.2 Å². The van der Waals surface area contributed by atoms with Crippen molar-refractivity contribution >= 4 is 69.2 Å². The largest absolute Gasteiger partial charge is 0.573 e. The van der Waals surface area contributed by atoms with Gasteiger partial charge in [0.25, 0.3) is 23.6 Å². The van der Waals surface area contributed by atoms with Gasteiger partial charge in [0.1, 0.15) is 28.5 Å². The van der Waals surface area contributed by atoms with Crippen molar-refractivity contribution in [3.63, 3.8) is 0 Å². The van der Waals surface area contributed by atoms with E-state index < -0.39 is 48.2 Å². The van der Waals surface area contributed by atoms with E-state index in [1.165, 1.54) is 100 Å². The molecule has 0 aliphatic rings. The highest BCUT2D eigenvalue weighted by atomic mass is 32.1. The number of ketones is 2. The lowest BCUT2D eigenvalue weighted by Crippen LogP contribution is -2.28. The number of hydrogen-bond acceptors (Lipinski definition) is 14. The normalized spacial score (nSPS) is 11.2. The molecule has 0 aliphatic carbocycles. The fourth-order valence-corrected chi connectivity index (χ4v) is 8.15. The molecule has 8 aromatic rings. The van der Waals surface area contributed by atoms with Gasteiger partial charge in [-0.05, 0) is 73.5 Å². The standard InChI is InChI=1S/C23H17F4N5O4S.C23H19F2N5O4S/c1-12(33)19-5-3-14(37-19)11-29-22(35)17-9-16(31-20-6-7-30-32(17)20)21(34)28-10-13-2-4-15(24)18(8-13)36-23(25,26)27;1-13(31)19-6-5-16(35-19)12-27-22(33)18-10-17(29-20-7-8-28-30(18)20)21(32)26-11-14-3-2-4-15(9-14)34-23(24)25/h2-9H,10-11H2,1H3,(H,28,34)(H,29,35);2-10,23H,11-12H2,1H3,(H,26,32)(H,27,33). The number of aromatic nitrogens is 6. The fraction of sp³-hybridized carbons (Fsp3) is 0.174. The molecule has 0 saturated carbocycles. The monoisotopic (exact) mass is 1030 g/mol. The average Bonchev–Trinajstić information content (AvgIpc) is 4.19. The summed E-state index contributed by atoms with van der Waals surface area (Å²) < 4.78 is 86.4. The van der Waals surface area contributed by atoms with Gasteiger partial charge in [-0.1, -0.05) is 18.2 Å². The Morgan fingerprint density at radius 2 is 1.10 bits per heavy atom. The summed E-state index contributed by atoms with van der Waals surface area (Å²) in [6.45, 7) is 0.0580. The van der Waals surface area contributed by atoms with Crippen LogP contribution in [-0.4, -0.2) is 77.4 Å². The van der Waals surface area contributed by atoms with Gasteiger partial charge in [-0.25, -0.2) is 23.4 Å². The van der Waals surface area contributed by atoms with Crippen molar-refractivity contribution in [3.05, 3.63) is 163 Å². The molecule has 0 atom stereocenters. The van der Waals surface area contributed by atoms with Gasteiger partial charge in [-0.15, -0.1) is 35.8 Å². The zero-order chi connectivity index (χ0) is 51.7. The highest BCUT2D eigenvalue weighted by Gasteiger charge is 2.32. The van der Waals surface area contributed by atoms with E-state index in [1.54, 1.807) is 36.4 Å². The van der Waals surface area contributed by atoms with E-state index in [9.17, 15) is 55.1 Å². The minimum absolute atomic E-state index is 0.00569. The van der Waals surface area contributed by atoms with Crippen molar-refractivity contribution in [2.24, 2.45) is 0 Å². The Balaban J connectivity index is 0.000000212. The molecule has 0 fully saturated rings. The molecule has 0 saturated heterocycles. The number of carbonyl (C=O) groups excluding carboxylic acids is 6. The van der Waals surface area contributed by atoms with Crippen LogP contribution < -0.4 is 30.7 Å². The van der Waals surface area contributed by atoms with E-state index in [1.807, 2.05) is 0 Å². The second-order valence-corrected chi connectivity index (χ2v) is 17.3. The molecule has 0 unspecified atom stereocenters. The van der Waals surface area contributed by atoms with Crippen LogP contribution in [0.3, 0.4) is 0 Å². The Kier molecular flexibility index (Phi) is 16.0. The van der Waals surface area contributed by atoms with E-state index in [4.69, 9.17) is 0 Å². The lowest BCUT2D eigenvalue weighted by atomic mass is 10.2. The Bertz CT molecular complexity index is 3340. The van der Waals surface area contributed by atoms with Crippen LogP contribution in [0.2, 0.25) is 0 Å². The van der Waals surface area contributed by atoms with Gasteiger partial charge in [0.05, 0.1) is 35.2 Å². The highest BCUT2D eigenvalue weighted by molar-refractivity contribution is 7.14. The Labute approximate surface area is 410 Å². The van der Waals surface area contributed by atoms with E-state index >= 15 is 0 Å². The van der Waals surface area contributed by atoms with E-state index in [0.29, 0.717) is 21.0 Å². The van der Waals surface area contributed by atoms with Crippen LogP contribution in [0.5, 0.6) is 11.5 Å². The summed E-state index contributed by atoms with van der Waals surface area (Å²) in [4.78, 5) is 85.3. The predicted octanol–water partition coefficient (Wildman–Crippen LogP) is 7.35. The van der Waals surface area contributed by atoms with Gasteiger partial charge in [-0.3, -0.25) is 28.8 Å². The average molecular weight is 1030 g/mol. The van der Waals surface area contributed by atoms with Crippen molar-refractivity contribution in [2.75, 3.05) is 0 Å². The molecule has 6 heterocycles. The van der Waals surface area contributed by atoms with Crippen molar-refractivity contribution in [1.29, 1.82) is 0 Å². The Morgan fingerprint density at radius 3 is 1.56 bits per heavy atom. The molecule has 72 heavy (non-hydrogen) atoms. The van der Waals surface area contributed by atoms with Crippen LogP contribution in [0.25, 0.3) is 11.3 Å². The zero-order valence-electron chi connectivity index (χ0n) is 37.3. The second-order valence-electron chi connectivity index (χ2n) is 15.0. The smallest absolute Gasteiger partial charge is 0.435 e. The number of benzene rings is 2. The maximum absolute atomic E-state index is 13.6. The molecule has 2 aromatic carbocycles. The molecule has 4 N–H and O–H groups in total. The summed E-state index contributed by atoms with van der Waals surface area (Å²) in [5, 5.41) is 18.7. The number of nitrogens with zero attached hydrogens (tertiary/aromatic N) is 6. The minimum Gasteiger partial charge on any atom is -0.435 e. The maximum atomic E-state index is 13.6. The van der Waals surface area contributed by atoms with Crippen molar-refractivity contribution in [3.8, 4) is 11.5 Å². The fourth-order valence-electron chi connectivity index (χ4n) is 6.46. The van der Waals surface area contributed by atoms with Crippen molar-refractivity contribution < 1.29 is 64.6 Å². The molecule has 18 nitrogen and oxygen atoms in total. The van der Waals surface area contributed by atoms with Crippen LogP contribution in [0.15, 0.2) is 103 Å². The molecule has 0 radical (unpaired) electrons. The topological polar surface area (TPSA) is 229 Å². The first-order valence-corrected chi connectivity index (χ1v) is 22.5. The summed E-state index contributed by atoms with van der Waals surface area (Å²) in [5.74, 6) is -4.74. The number of halogens is 6. The summed E-state index contributed by atoms with van der Waals surface area (Å²) in [5.41, 5.74) is 1.12. The molecule has 0 aliphatic heterocycles. The van der Waals surface area contributed by atoms with Gasteiger partial charge in [0.15, 0.2) is 34.4 Å². The molecular formula is C46H36F6N10O8S2. The summed E-state index contributed by atoms with van der Waals surface area (Å²) in [7, 11) is 0. The molecule has 0 spiro atoms. The van der Waals surface area contributed by atoms with E-state index in [0.717, 1.165) is 21.9 Å². The molecule has 8 rings (SSSR count). The maximum Gasteiger partial charge on any atom is 0.573 e. The van der Waals surface area contributed by atoms with Crippen LogP contribution >= 0.6 is 22.7 Å². The van der Waals surface area contributed by atoms with Gasteiger partial charge in [-0.2, -0.15) is 19.0 Å². The first kappa shape index (κ1) is 51.3. The lowest BCUT2D eigenvalue weighted by Gasteiger charge is -2.12. The Hall–Kier alpha value is -8.52. The van der Waals surface area contributed by atoms with E-state index in [2.05, 4.69) is 50.9 Å². The van der Waals surface area contributed by atoms with Crippen LogP contribution in [0, 0.1) is 5.82 Å². The Morgan fingerprint density at radius 1 is 0.611 bits per heavy atom. The summed E-state index contributed by atoms with van der Waals surface area (Å²) in [6.07, 6.45) is -2.24. The molecule has 26 heteroatoms. The van der Waals surface area contributed by atoms with Crippen LogP contribution in [0.1, 0.15) is 96.0 Å². The first-order chi connectivity index (χ1) is 34.3. The second kappa shape index (κ2) is 22.5. The summed E-state index contributed by atoms with van der Waals surface area (Å²) >= 11 is 2.53. The first-order valence-electron chi connectivity index (χ1n) is 20.9. The molecule has 4 amide bonds. The van der Waals surface area contributed by atoms with Gasteiger partial charge in [0, 0.05) is 47.1 Å². The number of fused-ring (bicyclic) bond motifs is 2. The summed E-state index contributed by atoms with van der Waals surface area (Å²) in [6, 6.07) is 21.1. The van der Waals surface area contributed by atoms with E-state index in [-0.39, 0.29) is 77.5 Å². The number of nitrogens with one attached hydrogen (secondary N) is 4. The number of Topliss-reactive ketones (excluding diaryl/α,β-unsaturated/α-hetero) is 2. The molecule has 0 bridgehead atoms. The number of carbonyl (C=O) groups is 6.